The van der Waals surface area contributed by atoms with Crippen molar-refractivity contribution in [1.82, 2.24) is 19.9 Å². The lowest BCUT2D eigenvalue weighted by molar-refractivity contribution is 0.387. The highest BCUT2D eigenvalue weighted by Crippen LogP contribution is 2.43. The topological polar surface area (TPSA) is 107 Å². The molecule has 0 radical (unpaired) electrons. The molecule has 0 amide bonds. The first-order chi connectivity index (χ1) is 23.0. The Labute approximate surface area is 276 Å². The number of rotatable bonds is 14. The Hall–Kier alpha value is -5.08. The molecule has 0 atom stereocenters. The Morgan fingerprint density at radius 3 is 1.02 bits per heavy atom. The minimum atomic E-state index is -2.55. The molecule has 0 spiro atoms. The summed E-state index contributed by atoms with van der Waals surface area (Å²) in [7, 11) is -6.42. The normalized spacial score (nSPS) is 11.1. The van der Waals surface area contributed by atoms with Crippen molar-refractivity contribution in [2.24, 2.45) is 0 Å². The van der Waals surface area contributed by atoms with Crippen molar-refractivity contribution in [2.75, 3.05) is 0 Å². The third-order valence-corrected chi connectivity index (χ3v) is 12.4. The van der Waals surface area contributed by atoms with Crippen LogP contribution in [0.15, 0.2) is 147 Å². The molecule has 0 aliphatic heterocycles. The lowest BCUT2D eigenvalue weighted by Crippen LogP contribution is -2.53. The first-order valence-electron chi connectivity index (χ1n) is 14.5. The number of hydrogen-bond acceptors (Lipinski definition) is 10. The van der Waals surface area contributed by atoms with E-state index in [-0.39, 0.29) is 0 Å². The molecular weight excluding hydrogens is 650 g/mol. The highest BCUT2D eigenvalue weighted by molar-refractivity contribution is 7.43. The van der Waals surface area contributed by atoms with Crippen molar-refractivity contribution in [1.29, 1.82) is 0 Å². The zero-order chi connectivity index (χ0) is 32.3. The van der Waals surface area contributed by atoms with E-state index in [1.54, 1.807) is 98.1 Å². The molecule has 0 aliphatic rings. The molecule has 6 aromatic rings. The van der Waals surface area contributed by atoms with Crippen LogP contribution in [0.1, 0.15) is 0 Å². The average molecular weight is 681 g/mol. The Kier molecular flexibility index (Phi) is 10.5. The SMILES string of the molecule is C[Si](C)(c1ccccc1OP(Oc1cccnc1)Oc1cccnc1)c1ccccc1OP(Oc1cccnc1)Oc1cccnc1. The third-order valence-electron chi connectivity index (χ3n) is 6.72. The number of aromatic nitrogens is 4. The second-order valence-electron chi connectivity index (χ2n) is 10.4. The fourth-order valence-electron chi connectivity index (χ4n) is 4.49. The quantitative estimate of drug-likeness (QED) is 0.0843. The van der Waals surface area contributed by atoms with Crippen LogP contribution < -0.4 is 37.5 Å². The van der Waals surface area contributed by atoms with Crippen molar-refractivity contribution in [3.8, 4) is 34.5 Å². The summed E-state index contributed by atoms with van der Waals surface area (Å²) in [6.45, 7) is 4.46. The number of hydrogen-bond donors (Lipinski definition) is 0. The molecule has 4 heterocycles. The van der Waals surface area contributed by atoms with Crippen LogP contribution in [0, 0.1) is 0 Å². The van der Waals surface area contributed by atoms with Gasteiger partial charge in [-0.25, -0.2) is 0 Å². The number of benzene rings is 2. The Morgan fingerprint density at radius 1 is 0.404 bits per heavy atom. The van der Waals surface area contributed by atoms with Gasteiger partial charge < -0.3 is 27.1 Å². The predicted octanol–water partition coefficient (Wildman–Crippen LogP) is 7.62. The largest absolute Gasteiger partial charge is 0.530 e. The number of pyridine rings is 4. The van der Waals surface area contributed by atoms with E-state index in [0.29, 0.717) is 34.5 Å². The summed E-state index contributed by atoms with van der Waals surface area (Å²) in [5.41, 5.74) is 0. The molecule has 6 rings (SSSR count). The minimum Gasteiger partial charge on any atom is -0.409 e. The van der Waals surface area contributed by atoms with Crippen LogP contribution >= 0.6 is 17.2 Å². The van der Waals surface area contributed by atoms with Gasteiger partial charge in [0.2, 0.25) is 0 Å². The summed E-state index contributed by atoms with van der Waals surface area (Å²) < 4.78 is 37.7. The molecule has 2 aromatic carbocycles. The van der Waals surface area contributed by atoms with Gasteiger partial charge in [0.25, 0.3) is 0 Å². The molecule has 236 valence electrons. The molecule has 0 aliphatic carbocycles. The molecule has 0 saturated heterocycles. The van der Waals surface area contributed by atoms with E-state index in [9.17, 15) is 0 Å². The summed E-state index contributed by atoms with van der Waals surface area (Å²) in [5.74, 6) is 3.35. The molecular formula is C34H30N4O6P2Si. The highest BCUT2D eigenvalue weighted by Gasteiger charge is 2.35. The lowest BCUT2D eigenvalue weighted by atomic mass is 10.3. The summed E-state index contributed by atoms with van der Waals surface area (Å²) in [6, 6.07) is 30.2. The molecule has 4 aromatic heterocycles. The summed E-state index contributed by atoms with van der Waals surface area (Å²) in [5, 5.41) is 2.03. The zero-order valence-electron chi connectivity index (χ0n) is 25.5. The van der Waals surface area contributed by atoms with Gasteiger partial charge >= 0.3 is 17.2 Å². The minimum absolute atomic E-state index is 0.519. The molecule has 47 heavy (non-hydrogen) atoms. The fourth-order valence-corrected chi connectivity index (χ4v) is 9.46. The van der Waals surface area contributed by atoms with Gasteiger partial charge in [-0.05, 0) is 71.0 Å². The average Bonchev–Trinajstić information content (AvgIpc) is 3.10. The van der Waals surface area contributed by atoms with Crippen LogP contribution in [-0.4, -0.2) is 28.0 Å². The number of para-hydroxylation sites is 2. The third kappa shape index (κ3) is 8.59. The van der Waals surface area contributed by atoms with Gasteiger partial charge in [-0.1, -0.05) is 49.5 Å². The zero-order valence-corrected chi connectivity index (χ0v) is 28.3. The lowest BCUT2D eigenvalue weighted by Gasteiger charge is -2.29. The molecule has 0 bridgehead atoms. The number of nitrogens with zero attached hydrogens (tertiary/aromatic N) is 4. The predicted molar refractivity (Wildman–Crippen MR) is 184 cm³/mol. The molecule has 13 heteroatoms. The summed E-state index contributed by atoms with van der Waals surface area (Å²) in [4.78, 5) is 16.7. The molecule has 0 N–H and O–H groups in total. The second-order valence-corrected chi connectivity index (χ2v) is 16.7. The van der Waals surface area contributed by atoms with Crippen LogP contribution in [0.4, 0.5) is 0 Å². The van der Waals surface area contributed by atoms with Crippen molar-refractivity contribution in [3.63, 3.8) is 0 Å². The van der Waals surface area contributed by atoms with E-state index in [2.05, 4.69) is 45.2 Å². The van der Waals surface area contributed by atoms with Crippen LogP contribution in [0.3, 0.4) is 0 Å². The van der Waals surface area contributed by atoms with Gasteiger partial charge in [0.15, 0.2) is 0 Å². The van der Waals surface area contributed by atoms with Crippen molar-refractivity contribution < 1.29 is 27.1 Å². The van der Waals surface area contributed by atoms with Gasteiger partial charge in [-0.2, -0.15) is 0 Å². The Bertz CT molecular complexity index is 1630. The Balaban J connectivity index is 1.30. The van der Waals surface area contributed by atoms with E-state index in [1.165, 1.54) is 0 Å². The van der Waals surface area contributed by atoms with E-state index in [4.69, 9.17) is 27.1 Å². The summed E-state index contributed by atoms with van der Waals surface area (Å²) >= 11 is 0. The van der Waals surface area contributed by atoms with Gasteiger partial charge in [-0.3, -0.25) is 19.9 Å². The molecule has 0 saturated carbocycles. The van der Waals surface area contributed by atoms with Crippen molar-refractivity contribution >= 4 is 35.7 Å². The maximum atomic E-state index is 6.54. The van der Waals surface area contributed by atoms with Crippen LogP contribution in [0.5, 0.6) is 34.5 Å². The van der Waals surface area contributed by atoms with Gasteiger partial charge in [0.05, 0.1) is 24.8 Å². The van der Waals surface area contributed by atoms with E-state index < -0.39 is 25.3 Å². The summed E-state index contributed by atoms with van der Waals surface area (Å²) in [6.07, 6.45) is 13.2. The second kappa shape index (κ2) is 15.5. The fraction of sp³-hybridized carbons (Fsp3) is 0.0588. The first kappa shape index (κ1) is 31.9. The van der Waals surface area contributed by atoms with Gasteiger partial charge in [0.1, 0.15) is 42.6 Å². The maximum Gasteiger partial charge on any atom is 0.530 e. The van der Waals surface area contributed by atoms with E-state index >= 15 is 0 Å². The van der Waals surface area contributed by atoms with Gasteiger partial charge in [0, 0.05) is 24.8 Å². The molecule has 0 fully saturated rings. The van der Waals surface area contributed by atoms with E-state index in [1.807, 2.05) is 36.4 Å². The smallest absolute Gasteiger partial charge is 0.409 e. The Morgan fingerprint density at radius 2 is 0.723 bits per heavy atom. The van der Waals surface area contributed by atoms with Crippen molar-refractivity contribution in [3.05, 3.63) is 147 Å². The van der Waals surface area contributed by atoms with Crippen molar-refractivity contribution in [2.45, 2.75) is 13.1 Å². The molecule has 0 unspecified atom stereocenters. The van der Waals surface area contributed by atoms with Crippen LogP contribution in [0.25, 0.3) is 0 Å². The van der Waals surface area contributed by atoms with E-state index in [0.717, 1.165) is 10.4 Å². The maximum absolute atomic E-state index is 6.54. The first-order valence-corrected chi connectivity index (χ1v) is 19.7. The van der Waals surface area contributed by atoms with Crippen LogP contribution in [-0.2, 0) is 0 Å². The standard InChI is InChI=1S/C34H30N4O6P2Si/c1-47(2,33-17-5-3-15-31(33)43-45(39-27-11-7-19-35-23-27)40-28-12-8-20-36-24-28)34-18-6-4-16-32(34)44-46(41-29-13-9-21-37-25-29)42-30-14-10-22-38-26-30/h3-26H,1-2H3. The highest BCUT2D eigenvalue weighted by atomic mass is 31.2. The monoisotopic (exact) mass is 680 g/mol. The van der Waals surface area contributed by atoms with Crippen LogP contribution in [0.2, 0.25) is 13.1 Å². The van der Waals surface area contributed by atoms with Gasteiger partial charge in [-0.15, -0.1) is 0 Å². The molecule has 10 nitrogen and oxygen atoms in total.